The molecule has 3 N–H and O–H groups in total. The smallest absolute Gasteiger partial charge is 0.415 e. The average molecular weight is 314 g/mol. The maximum Gasteiger partial charge on any atom is 0.415 e. The molecule has 1 atom stereocenters. The van der Waals surface area contributed by atoms with Gasteiger partial charge >= 0.3 is 6.09 Å². The number of benzene rings is 1. The minimum atomic E-state index is -0.929. The molecule has 2 aliphatic heterocycles. The van der Waals surface area contributed by atoms with Crippen molar-refractivity contribution in [3.63, 3.8) is 0 Å². The minimum absolute atomic E-state index is 0.0995. The fourth-order valence-corrected chi connectivity index (χ4v) is 2.83. The second-order valence-electron chi connectivity index (χ2n) is 5.43. The van der Waals surface area contributed by atoms with Crippen LogP contribution in [0.15, 0.2) is 24.4 Å². The fourth-order valence-electron chi connectivity index (χ4n) is 2.83. The van der Waals surface area contributed by atoms with E-state index < -0.39 is 18.1 Å². The van der Waals surface area contributed by atoms with E-state index in [1.807, 2.05) is 6.07 Å². The Kier molecular flexibility index (Phi) is 2.97. The molecule has 1 aromatic carbocycles. The molecule has 3 heterocycles. The number of cyclic esters (lactones) is 1. The summed E-state index contributed by atoms with van der Waals surface area (Å²) in [5.74, 6) is -0.00483. The Morgan fingerprint density at radius 2 is 2.30 bits per heavy atom. The van der Waals surface area contributed by atoms with E-state index in [1.165, 1.54) is 4.90 Å². The Morgan fingerprint density at radius 3 is 3.09 bits per heavy atom. The number of nitrogens with one attached hydrogen (secondary N) is 1. The van der Waals surface area contributed by atoms with Crippen LogP contribution in [-0.4, -0.2) is 41.5 Å². The van der Waals surface area contributed by atoms with Crippen molar-refractivity contribution >= 4 is 17.7 Å². The van der Waals surface area contributed by atoms with Crippen LogP contribution < -0.4 is 15.4 Å². The zero-order chi connectivity index (χ0) is 16.0. The maximum atomic E-state index is 11.9. The predicted octanol–water partition coefficient (Wildman–Crippen LogP) is 0.822. The van der Waals surface area contributed by atoms with Crippen LogP contribution in [0.25, 0.3) is 11.3 Å². The molecule has 118 valence electrons. The summed E-state index contributed by atoms with van der Waals surface area (Å²) in [7, 11) is 0. The van der Waals surface area contributed by atoms with Gasteiger partial charge in [0.25, 0.3) is 5.91 Å². The van der Waals surface area contributed by atoms with Gasteiger partial charge in [-0.1, -0.05) is 0 Å². The molecule has 8 heteroatoms. The van der Waals surface area contributed by atoms with E-state index in [4.69, 9.17) is 15.2 Å². The number of nitrogens with zero attached hydrogens (tertiary/aromatic N) is 2. The Balaban J connectivity index is 1.70. The van der Waals surface area contributed by atoms with Gasteiger partial charge in [-0.25, -0.2) is 4.79 Å². The number of aromatic nitrogens is 2. The van der Waals surface area contributed by atoms with E-state index in [9.17, 15) is 9.59 Å². The van der Waals surface area contributed by atoms with Gasteiger partial charge in [0, 0.05) is 23.6 Å². The van der Waals surface area contributed by atoms with Gasteiger partial charge in [0.1, 0.15) is 5.75 Å². The molecular weight excluding hydrogens is 300 g/mol. The van der Waals surface area contributed by atoms with E-state index in [-0.39, 0.29) is 6.54 Å². The van der Waals surface area contributed by atoms with Crippen LogP contribution in [0.3, 0.4) is 0 Å². The number of rotatable bonds is 2. The highest BCUT2D eigenvalue weighted by atomic mass is 16.6. The van der Waals surface area contributed by atoms with Gasteiger partial charge in [-0.05, 0) is 12.1 Å². The first-order valence-electron chi connectivity index (χ1n) is 7.20. The summed E-state index contributed by atoms with van der Waals surface area (Å²) in [6, 6.07) is 5.40. The number of aromatic amines is 1. The van der Waals surface area contributed by atoms with Crippen molar-refractivity contribution < 1.29 is 19.1 Å². The number of H-pyrrole nitrogens is 1. The lowest BCUT2D eigenvalue weighted by Gasteiger charge is -2.15. The number of carbonyl (C=O) groups excluding carboxylic acids is 2. The second kappa shape index (κ2) is 5.01. The van der Waals surface area contributed by atoms with Crippen molar-refractivity contribution in [3.8, 4) is 17.0 Å². The van der Waals surface area contributed by atoms with Gasteiger partial charge in [0.2, 0.25) is 0 Å². The van der Waals surface area contributed by atoms with Crippen molar-refractivity contribution in [2.75, 3.05) is 18.1 Å². The summed E-state index contributed by atoms with van der Waals surface area (Å²) in [6.07, 6.45) is 1.02. The highest BCUT2D eigenvalue weighted by Crippen LogP contribution is 2.37. The molecule has 1 aromatic heterocycles. The molecule has 0 spiro atoms. The first-order valence-corrected chi connectivity index (χ1v) is 7.20. The molecule has 0 radical (unpaired) electrons. The van der Waals surface area contributed by atoms with Crippen LogP contribution in [0.2, 0.25) is 0 Å². The maximum absolute atomic E-state index is 11.9. The number of anilines is 1. The monoisotopic (exact) mass is 314 g/mol. The number of hydrogen-bond donors (Lipinski definition) is 2. The second-order valence-corrected chi connectivity index (χ2v) is 5.43. The highest BCUT2D eigenvalue weighted by Gasteiger charge is 2.36. The van der Waals surface area contributed by atoms with Crippen molar-refractivity contribution in [2.45, 2.75) is 12.5 Å². The van der Waals surface area contributed by atoms with Crippen molar-refractivity contribution in [2.24, 2.45) is 5.73 Å². The van der Waals surface area contributed by atoms with Crippen molar-refractivity contribution in [1.82, 2.24) is 10.2 Å². The van der Waals surface area contributed by atoms with Gasteiger partial charge in [-0.15, -0.1) is 0 Å². The fraction of sp³-hybridized carbons (Fsp3) is 0.267. The van der Waals surface area contributed by atoms with Gasteiger partial charge < -0.3 is 15.2 Å². The summed E-state index contributed by atoms with van der Waals surface area (Å²) < 4.78 is 10.7. The van der Waals surface area contributed by atoms with E-state index in [2.05, 4.69) is 10.2 Å². The summed E-state index contributed by atoms with van der Waals surface area (Å²) in [5, 5.41) is 7.05. The number of carbonyl (C=O) groups is 2. The highest BCUT2D eigenvalue weighted by molar-refractivity contribution is 5.95. The minimum Gasteiger partial charge on any atom is -0.492 e. The molecule has 0 saturated carbocycles. The quantitative estimate of drug-likeness (QED) is 0.852. The van der Waals surface area contributed by atoms with Crippen molar-refractivity contribution in [3.05, 3.63) is 30.0 Å². The molecule has 1 fully saturated rings. The molecule has 2 amide bonds. The largest absolute Gasteiger partial charge is 0.492 e. The van der Waals surface area contributed by atoms with Crippen LogP contribution in [0.1, 0.15) is 5.56 Å². The van der Waals surface area contributed by atoms with Crippen LogP contribution in [0.5, 0.6) is 5.75 Å². The number of amides is 2. The predicted molar refractivity (Wildman–Crippen MR) is 80.0 cm³/mol. The van der Waals surface area contributed by atoms with Crippen LogP contribution in [0, 0.1) is 0 Å². The lowest BCUT2D eigenvalue weighted by atomic mass is 10.1. The number of fused-ring (bicyclic) bond motifs is 3. The Morgan fingerprint density at radius 1 is 1.43 bits per heavy atom. The SMILES string of the molecule is NC(=O)[C@H]1CN(c2ccc3c(c2)OCCc2cn[nH]c2-3)C(=O)O1. The lowest BCUT2D eigenvalue weighted by Crippen LogP contribution is -2.32. The van der Waals surface area contributed by atoms with E-state index in [1.54, 1.807) is 18.3 Å². The third-order valence-electron chi connectivity index (χ3n) is 4.02. The summed E-state index contributed by atoms with van der Waals surface area (Å²) >= 11 is 0. The topological polar surface area (TPSA) is 111 Å². The first-order chi connectivity index (χ1) is 11.1. The molecule has 23 heavy (non-hydrogen) atoms. The lowest BCUT2D eigenvalue weighted by molar-refractivity contribution is -0.124. The molecule has 2 aromatic rings. The number of ether oxygens (including phenoxy) is 2. The molecule has 1 saturated heterocycles. The number of nitrogens with two attached hydrogens (primary N) is 1. The summed E-state index contributed by atoms with van der Waals surface area (Å²) in [6.45, 7) is 0.625. The van der Waals surface area contributed by atoms with E-state index >= 15 is 0 Å². The molecular formula is C15H14N4O4. The number of primary amides is 1. The van der Waals surface area contributed by atoms with Crippen LogP contribution >= 0.6 is 0 Å². The molecule has 0 bridgehead atoms. The molecule has 0 aliphatic carbocycles. The Hall–Kier alpha value is -3.03. The van der Waals surface area contributed by atoms with Gasteiger partial charge in [0.05, 0.1) is 30.7 Å². The van der Waals surface area contributed by atoms with Crippen LogP contribution in [0.4, 0.5) is 10.5 Å². The van der Waals surface area contributed by atoms with Gasteiger partial charge in [-0.2, -0.15) is 5.10 Å². The zero-order valence-electron chi connectivity index (χ0n) is 12.1. The standard InChI is InChI=1S/C15H14N4O4/c16-14(20)12-7-19(15(21)23-12)9-1-2-10-11(5-9)22-4-3-8-6-17-18-13(8)10/h1-2,5-6,12H,3-4,7H2,(H2,16,20)(H,17,18)/t12-/m1/s1. The molecule has 0 unspecified atom stereocenters. The summed E-state index contributed by atoms with van der Waals surface area (Å²) in [4.78, 5) is 24.5. The molecule has 4 rings (SSSR count). The van der Waals surface area contributed by atoms with E-state index in [0.717, 1.165) is 23.2 Å². The van der Waals surface area contributed by atoms with Crippen molar-refractivity contribution in [1.29, 1.82) is 0 Å². The Bertz CT molecular complexity index is 801. The summed E-state index contributed by atoms with van der Waals surface area (Å²) in [5.41, 5.74) is 8.69. The number of hydrogen-bond acceptors (Lipinski definition) is 5. The van der Waals surface area contributed by atoms with Crippen LogP contribution in [-0.2, 0) is 16.0 Å². The van der Waals surface area contributed by atoms with Gasteiger partial charge in [0.15, 0.2) is 6.10 Å². The van der Waals surface area contributed by atoms with E-state index in [0.29, 0.717) is 18.0 Å². The third kappa shape index (κ3) is 2.19. The normalized spacial score (nSPS) is 19.4. The average Bonchev–Trinajstić information content (AvgIpc) is 3.10. The first kappa shape index (κ1) is 13.6. The van der Waals surface area contributed by atoms with Gasteiger partial charge in [-0.3, -0.25) is 14.8 Å². The molecule has 2 aliphatic rings. The third-order valence-corrected chi connectivity index (χ3v) is 4.02. The zero-order valence-corrected chi connectivity index (χ0v) is 12.1. The Labute approximate surface area is 131 Å². The molecule has 8 nitrogen and oxygen atoms in total.